The van der Waals surface area contributed by atoms with Gasteiger partial charge in [-0.2, -0.15) is 0 Å². The molecule has 3 unspecified atom stereocenters. The summed E-state index contributed by atoms with van der Waals surface area (Å²) in [6.07, 6.45) is 1.49. The van der Waals surface area contributed by atoms with Gasteiger partial charge in [-0.25, -0.2) is 0 Å². The highest BCUT2D eigenvalue weighted by Gasteiger charge is 2.26. The SMILES string of the molecule is COc1cccc(C(N)CN2CCC(C)C(OC)C2)c1. The zero-order valence-electron chi connectivity index (χ0n) is 12.7. The first-order valence-corrected chi connectivity index (χ1v) is 7.28. The summed E-state index contributed by atoms with van der Waals surface area (Å²) >= 11 is 0. The van der Waals surface area contributed by atoms with Crippen molar-refractivity contribution in [2.75, 3.05) is 33.9 Å². The predicted molar refractivity (Wildman–Crippen MR) is 80.9 cm³/mol. The molecule has 0 amide bonds. The average molecular weight is 278 g/mol. The first-order chi connectivity index (χ1) is 9.63. The Morgan fingerprint density at radius 3 is 2.90 bits per heavy atom. The molecule has 4 heteroatoms. The lowest BCUT2D eigenvalue weighted by Crippen LogP contribution is -2.46. The van der Waals surface area contributed by atoms with E-state index in [4.69, 9.17) is 15.2 Å². The van der Waals surface area contributed by atoms with E-state index in [1.807, 2.05) is 18.2 Å². The summed E-state index contributed by atoms with van der Waals surface area (Å²) in [6, 6.07) is 8.03. The molecule has 112 valence electrons. The molecule has 1 aliphatic heterocycles. The van der Waals surface area contributed by atoms with Gasteiger partial charge in [0.2, 0.25) is 0 Å². The molecule has 1 aromatic carbocycles. The van der Waals surface area contributed by atoms with Crippen molar-refractivity contribution in [2.45, 2.75) is 25.5 Å². The molecule has 0 radical (unpaired) electrons. The van der Waals surface area contributed by atoms with Crippen LogP contribution >= 0.6 is 0 Å². The number of ether oxygens (including phenoxy) is 2. The molecule has 1 heterocycles. The maximum absolute atomic E-state index is 6.33. The maximum atomic E-state index is 6.33. The molecule has 0 aliphatic carbocycles. The summed E-state index contributed by atoms with van der Waals surface area (Å²) in [5.41, 5.74) is 7.46. The summed E-state index contributed by atoms with van der Waals surface area (Å²) in [5, 5.41) is 0. The lowest BCUT2D eigenvalue weighted by molar-refractivity contribution is -0.00644. The van der Waals surface area contributed by atoms with Crippen LogP contribution in [0.3, 0.4) is 0 Å². The average Bonchev–Trinajstić information content (AvgIpc) is 2.49. The molecule has 3 atom stereocenters. The Morgan fingerprint density at radius 1 is 1.40 bits per heavy atom. The number of nitrogens with zero attached hydrogens (tertiary/aromatic N) is 1. The van der Waals surface area contributed by atoms with E-state index in [1.54, 1.807) is 14.2 Å². The molecule has 1 saturated heterocycles. The molecule has 0 aromatic heterocycles. The van der Waals surface area contributed by atoms with Crippen LogP contribution in [0.4, 0.5) is 0 Å². The number of piperidine rings is 1. The van der Waals surface area contributed by atoms with Crippen LogP contribution in [0, 0.1) is 5.92 Å². The van der Waals surface area contributed by atoms with E-state index >= 15 is 0 Å². The van der Waals surface area contributed by atoms with Crippen molar-refractivity contribution in [1.82, 2.24) is 4.90 Å². The minimum atomic E-state index is 0.0102. The Labute approximate surface area is 121 Å². The van der Waals surface area contributed by atoms with E-state index in [9.17, 15) is 0 Å². The van der Waals surface area contributed by atoms with Gasteiger partial charge in [-0.3, -0.25) is 4.90 Å². The third kappa shape index (κ3) is 3.72. The van der Waals surface area contributed by atoms with E-state index in [1.165, 1.54) is 6.42 Å². The van der Waals surface area contributed by atoms with Crippen molar-refractivity contribution >= 4 is 0 Å². The predicted octanol–water partition coefficient (Wildman–Crippen LogP) is 2.05. The fraction of sp³-hybridized carbons (Fsp3) is 0.625. The molecule has 1 aliphatic rings. The maximum Gasteiger partial charge on any atom is 0.119 e. The molecule has 0 bridgehead atoms. The van der Waals surface area contributed by atoms with Gasteiger partial charge in [0.15, 0.2) is 0 Å². The molecule has 2 N–H and O–H groups in total. The first-order valence-electron chi connectivity index (χ1n) is 7.28. The van der Waals surface area contributed by atoms with Crippen molar-refractivity contribution in [3.63, 3.8) is 0 Å². The second-order valence-electron chi connectivity index (χ2n) is 5.68. The molecule has 20 heavy (non-hydrogen) atoms. The number of likely N-dealkylation sites (tertiary alicyclic amines) is 1. The van der Waals surface area contributed by atoms with E-state index in [0.29, 0.717) is 12.0 Å². The monoisotopic (exact) mass is 278 g/mol. The van der Waals surface area contributed by atoms with Gasteiger partial charge >= 0.3 is 0 Å². The zero-order chi connectivity index (χ0) is 14.5. The first kappa shape index (κ1) is 15.3. The van der Waals surface area contributed by atoms with Crippen LogP contribution in [0.15, 0.2) is 24.3 Å². The van der Waals surface area contributed by atoms with Crippen LogP contribution in [-0.2, 0) is 4.74 Å². The minimum Gasteiger partial charge on any atom is -0.497 e. The summed E-state index contributed by atoms with van der Waals surface area (Å²) in [6.45, 7) is 5.18. The number of benzene rings is 1. The van der Waals surface area contributed by atoms with Gasteiger partial charge in [0.25, 0.3) is 0 Å². The lowest BCUT2D eigenvalue weighted by Gasteiger charge is -2.37. The molecule has 4 nitrogen and oxygen atoms in total. The summed E-state index contributed by atoms with van der Waals surface area (Å²) < 4.78 is 10.8. The quantitative estimate of drug-likeness (QED) is 0.895. The molecule has 1 aromatic rings. The van der Waals surface area contributed by atoms with E-state index in [0.717, 1.165) is 30.9 Å². The Kier molecular flexibility index (Phi) is 5.40. The zero-order valence-corrected chi connectivity index (χ0v) is 12.7. The second-order valence-corrected chi connectivity index (χ2v) is 5.68. The number of methoxy groups -OCH3 is 2. The Hall–Kier alpha value is -1.10. The van der Waals surface area contributed by atoms with Crippen LogP contribution in [0.2, 0.25) is 0 Å². The Bertz CT molecular complexity index is 425. The van der Waals surface area contributed by atoms with Crippen molar-refractivity contribution in [3.05, 3.63) is 29.8 Å². The molecule has 0 saturated carbocycles. The van der Waals surface area contributed by atoms with Crippen LogP contribution in [-0.4, -0.2) is 44.9 Å². The van der Waals surface area contributed by atoms with Crippen molar-refractivity contribution in [1.29, 1.82) is 0 Å². The van der Waals surface area contributed by atoms with Crippen LogP contribution in [0.5, 0.6) is 5.75 Å². The molecule has 1 fully saturated rings. The van der Waals surface area contributed by atoms with Gasteiger partial charge in [0, 0.05) is 26.2 Å². The van der Waals surface area contributed by atoms with E-state index in [2.05, 4.69) is 17.9 Å². The van der Waals surface area contributed by atoms with Crippen molar-refractivity contribution < 1.29 is 9.47 Å². The number of nitrogens with two attached hydrogens (primary N) is 1. The number of rotatable bonds is 5. The lowest BCUT2D eigenvalue weighted by atomic mass is 9.95. The van der Waals surface area contributed by atoms with E-state index in [-0.39, 0.29) is 6.04 Å². The molecule has 0 spiro atoms. The summed E-state index contributed by atoms with van der Waals surface area (Å²) in [4.78, 5) is 2.40. The second kappa shape index (κ2) is 7.07. The largest absolute Gasteiger partial charge is 0.497 e. The van der Waals surface area contributed by atoms with Gasteiger partial charge < -0.3 is 15.2 Å². The molecular weight excluding hydrogens is 252 g/mol. The highest BCUT2D eigenvalue weighted by molar-refractivity contribution is 5.30. The van der Waals surface area contributed by atoms with Crippen molar-refractivity contribution in [3.8, 4) is 5.75 Å². The fourth-order valence-corrected chi connectivity index (χ4v) is 2.83. The Balaban J connectivity index is 1.95. The van der Waals surface area contributed by atoms with Crippen LogP contribution < -0.4 is 10.5 Å². The highest BCUT2D eigenvalue weighted by Crippen LogP contribution is 2.23. The molecular formula is C16H26N2O2. The van der Waals surface area contributed by atoms with Gasteiger partial charge in [-0.15, -0.1) is 0 Å². The fourth-order valence-electron chi connectivity index (χ4n) is 2.83. The van der Waals surface area contributed by atoms with Crippen LogP contribution in [0.1, 0.15) is 24.9 Å². The smallest absolute Gasteiger partial charge is 0.119 e. The Morgan fingerprint density at radius 2 is 2.20 bits per heavy atom. The molecule has 2 rings (SSSR count). The van der Waals surface area contributed by atoms with Gasteiger partial charge in [-0.1, -0.05) is 19.1 Å². The highest BCUT2D eigenvalue weighted by atomic mass is 16.5. The third-order valence-electron chi connectivity index (χ3n) is 4.25. The summed E-state index contributed by atoms with van der Waals surface area (Å²) in [7, 11) is 3.48. The number of hydrogen-bond acceptors (Lipinski definition) is 4. The van der Waals surface area contributed by atoms with Crippen molar-refractivity contribution in [2.24, 2.45) is 11.7 Å². The normalized spacial score (nSPS) is 25.4. The topological polar surface area (TPSA) is 47.7 Å². The van der Waals surface area contributed by atoms with Gasteiger partial charge in [0.1, 0.15) is 5.75 Å². The third-order valence-corrected chi connectivity index (χ3v) is 4.25. The standard InChI is InChI=1S/C16H26N2O2/c1-12-7-8-18(11-16(12)20-3)10-15(17)13-5-4-6-14(9-13)19-2/h4-6,9,12,15-16H,7-8,10-11,17H2,1-3H3. The van der Waals surface area contributed by atoms with Crippen LogP contribution in [0.25, 0.3) is 0 Å². The van der Waals surface area contributed by atoms with Gasteiger partial charge in [-0.05, 0) is 36.6 Å². The minimum absolute atomic E-state index is 0.0102. The number of hydrogen-bond donors (Lipinski definition) is 1. The summed E-state index contributed by atoms with van der Waals surface area (Å²) in [5.74, 6) is 1.49. The van der Waals surface area contributed by atoms with Gasteiger partial charge in [0.05, 0.1) is 13.2 Å². The van der Waals surface area contributed by atoms with E-state index < -0.39 is 0 Å².